The SMILES string of the molecule is O=C(O)/C=C(\C(=O)O)C1CC2c3ccccc3C(c3ccccc3)CN12. The molecule has 2 N–H and O–H groups in total. The maximum absolute atomic E-state index is 11.6. The van der Waals surface area contributed by atoms with Crippen molar-refractivity contribution in [2.75, 3.05) is 6.54 Å². The molecular formula is C21H19NO4. The van der Waals surface area contributed by atoms with Crippen LogP contribution in [0.5, 0.6) is 0 Å². The number of rotatable bonds is 4. The Hall–Kier alpha value is -2.92. The minimum absolute atomic E-state index is 0.0417. The summed E-state index contributed by atoms with van der Waals surface area (Å²) in [4.78, 5) is 24.8. The Labute approximate surface area is 151 Å². The highest BCUT2D eigenvalue weighted by atomic mass is 16.4. The lowest BCUT2D eigenvalue weighted by Gasteiger charge is -2.54. The summed E-state index contributed by atoms with van der Waals surface area (Å²) in [6.45, 7) is 0.681. The largest absolute Gasteiger partial charge is 0.478 e. The summed E-state index contributed by atoms with van der Waals surface area (Å²) in [6, 6.07) is 18.2. The second kappa shape index (κ2) is 6.42. The van der Waals surface area contributed by atoms with Crippen molar-refractivity contribution < 1.29 is 19.8 Å². The number of benzene rings is 2. The molecule has 132 valence electrons. The highest BCUT2D eigenvalue weighted by Gasteiger charge is 2.48. The van der Waals surface area contributed by atoms with Crippen molar-refractivity contribution in [2.24, 2.45) is 0 Å². The summed E-state index contributed by atoms with van der Waals surface area (Å²) in [6.07, 6.45) is 1.46. The molecule has 5 nitrogen and oxygen atoms in total. The molecule has 5 heteroatoms. The van der Waals surface area contributed by atoms with E-state index in [4.69, 9.17) is 5.11 Å². The van der Waals surface area contributed by atoms with Crippen molar-refractivity contribution in [1.82, 2.24) is 4.90 Å². The maximum Gasteiger partial charge on any atom is 0.333 e. The lowest BCUT2D eigenvalue weighted by molar-refractivity contribution is -0.136. The van der Waals surface area contributed by atoms with E-state index in [9.17, 15) is 14.7 Å². The van der Waals surface area contributed by atoms with Gasteiger partial charge in [-0.2, -0.15) is 0 Å². The summed E-state index contributed by atoms with van der Waals surface area (Å²) in [5.41, 5.74) is 3.63. The number of aliphatic carboxylic acids is 2. The zero-order valence-electron chi connectivity index (χ0n) is 14.1. The molecule has 0 aliphatic carbocycles. The minimum Gasteiger partial charge on any atom is -0.478 e. The molecule has 3 atom stereocenters. The van der Waals surface area contributed by atoms with Gasteiger partial charge in [0.25, 0.3) is 0 Å². The van der Waals surface area contributed by atoms with Gasteiger partial charge in [0.1, 0.15) is 0 Å². The summed E-state index contributed by atoms with van der Waals surface area (Å²) >= 11 is 0. The van der Waals surface area contributed by atoms with E-state index in [0.29, 0.717) is 13.0 Å². The van der Waals surface area contributed by atoms with E-state index in [1.807, 2.05) is 30.3 Å². The first-order valence-electron chi connectivity index (χ1n) is 8.63. The third-order valence-corrected chi connectivity index (χ3v) is 5.46. The second-order valence-electron chi connectivity index (χ2n) is 6.80. The zero-order chi connectivity index (χ0) is 18.3. The molecule has 2 aromatic rings. The number of carboxylic acid groups (broad SMARTS) is 2. The van der Waals surface area contributed by atoms with Crippen LogP contribution in [-0.4, -0.2) is 39.6 Å². The molecule has 2 heterocycles. The number of nitrogens with zero attached hydrogens (tertiary/aromatic N) is 1. The normalized spacial score (nSPS) is 24.9. The summed E-state index contributed by atoms with van der Waals surface area (Å²) in [7, 11) is 0. The molecule has 0 spiro atoms. The van der Waals surface area contributed by atoms with Crippen LogP contribution in [0.3, 0.4) is 0 Å². The van der Waals surface area contributed by atoms with Gasteiger partial charge in [-0.15, -0.1) is 0 Å². The molecule has 3 unspecified atom stereocenters. The first-order chi connectivity index (χ1) is 12.6. The van der Waals surface area contributed by atoms with E-state index in [2.05, 4.69) is 29.2 Å². The first-order valence-corrected chi connectivity index (χ1v) is 8.63. The lowest BCUT2D eigenvalue weighted by atomic mass is 9.73. The van der Waals surface area contributed by atoms with Gasteiger partial charge in [-0.25, -0.2) is 9.59 Å². The van der Waals surface area contributed by atoms with E-state index in [1.54, 1.807) is 0 Å². The molecular weight excluding hydrogens is 330 g/mol. The summed E-state index contributed by atoms with van der Waals surface area (Å²) < 4.78 is 0. The van der Waals surface area contributed by atoms with Gasteiger partial charge in [-0.05, 0) is 23.1 Å². The molecule has 2 aliphatic heterocycles. The molecule has 1 fully saturated rings. The molecule has 0 radical (unpaired) electrons. The van der Waals surface area contributed by atoms with Gasteiger partial charge < -0.3 is 10.2 Å². The Morgan fingerprint density at radius 2 is 1.62 bits per heavy atom. The maximum atomic E-state index is 11.6. The molecule has 0 bridgehead atoms. The minimum atomic E-state index is -1.22. The topological polar surface area (TPSA) is 77.8 Å². The van der Waals surface area contributed by atoms with E-state index in [1.165, 1.54) is 16.7 Å². The predicted molar refractivity (Wildman–Crippen MR) is 95.9 cm³/mol. The Balaban J connectivity index is 1.73. The van der Waals surface area contributed by atoms with Crippen molar-refractivity contribution in [1.29, 1.82) is 0 Å². The molecule has 0 amide bonds. The third kappa shape index (κ3) is 2.70. The fraction of sp³-hybridized carbons (Fsp3) is 0.238. The molecule has 0 aromatic heterocycles. The molecule has 2 aliphatic rings. The number of fused-ring (bicyclic) bond motifs is 3. The van der Waals surface area contributed by atoms with Crippen molar-refractivity contribution >= 4 is 11.9 Å². The fourth-order valence-corrected chi connectivity index (χ4v) is 4.27. The van der Waals surface area contributed by atoms with Crippen LogP contribution in [0.15, 0.2) is 66.2 Å². The van der Waals surface area contributed by atoms with E-state index in [-0.39, 0.29) is 23.6 Å². The van der Waals surface area contributed by atoms with Gasteiger partial charge in [0.05, 0.1) is 5.57 Å². The smallest absolute Gasteiger partial charge is 0.333 e. The van der Waals surface area contributed by atoms with Crippen LogP contribution in [-0.2, 0) is 9.59 Å². The first kappa shape index (κ1) is 16.5. The molecule has 26 heavy (non-hydrogen) atoms. The Morgan fingerprint density at radius 3 is 2.27 bits per heavy atom. The molecule has 4 rings (SSSR count). The van der Waals surface area contributed by atoms with Crippen LogP contribution in [0, 0.1) is 0 Å². The average Bonchev–Trinajstić information content (AvgIpc) is 2.61. The van der Waals surface area contributed by atoms with Crippen LogP contribution in [0.25, 0.3) is 0 Å². The highest BCUT2D eigenvalue weighted by Crippen LogP contribution is 2.50. The van der Waals surface area contributed by atoms with Gasteiger partial charge in [-0.1, -0.05) is 54.6 Å². The fourth-order valence-electron chi connectivity index (χ4n) is 4.27. The summed E-state index contributed by atoms with van der Waals surface area (Å²) in [5, 5.41) is 18.5. The molecule has 0 saturated carbocycles. The van der Waals surface area contributed by atoms with Crippen molar-refractivity contribution in [3.63, 3.8) is 0 Å². The van der Waals surface area contributed by atoms with Crippen LogP contribution >= 0.6 is 0 Å². The standard InChI is InChI=1S/C21H19NO4/c23-20(24)10-16(21(25)26)19-11-18-15-9-5-4-8-14(15)17(12-22(18)19)13-6-2-1-3-7-13/h1-10,17-19H,11-12H2,(H,23,24)(H,25,26)/b16-10-. The molecule has 2 aromatic carbocycles. The van der Waals surface area contributed by atoms with Crippen LogP contribution in [0.1, 0.15) is 35.1 Å². The zero-order valence-corrected chi connectivity index (χ0v) is 14.1. The third-order valence-electron chi connectivity index (χ3n) is 5.46. The highest BCUT2D eigenvalue weighted by molar-refractivity contribution is 5.96. The van der Waals surface area contributed by atoms with Crippen LogP contribution < -0.4 is 0 Å². The summed E-state index contributed by atoms with van der Waals surface area (Å²) in [5.74, 6) is -2.24. The number of carbonyl (C=O) groups is 2. The van der Waals surface area contributed by atoms with Gasteiger partial charge in [-0.3, -0.25) is 4.90 Å². The predicted octanol–water partition coefficient (Wildman–Crippen LogP) is 3.04. The second-order valence-corrected chi connectivity index (χ2v) is 6.80. The number of hydrogen-bond acceptors (Lipinski definition) is 3. The van der Waals surface area contributed by atoms with Gasteiger partial charge in [0.15, 0.2) is 0 Å². The van der Waals surface area contributed by atoms with E-state index < -0.39 is 11.9 Å². The Bertz CT molecular complexity index is 890. The quantitative estimate of drug-likeness (QED) is 0.830. The average molecular weight is 349 g/mol. The van der Waals surface area contributed by atoms with Gasteiger partial charge >= 0.3 is 11.9 Å². The molecule has 1 saturated heterocycles. The van der Waals surface area contributed by atoms with Crippen molar-refractivity contribution in [3.8, 4) is 0 Å². The van der Waals surface area contributed by atoms with Gasteiger partial charge in [0, 0.05) is 30.6 Å². The van der Waals surface area contributed by atoms with Crippen molar-refractivity contribution in [2.45, 2.75) is 24.4 Å². The van der Waals surface area contributed by atoms with E-state index in [0.717, 1.165) is 6.08 Å². The Morgan fingerprint density at radius 1 is 0.962 bits per heavy atom. The monoisotopic (exact) mass is 349 g/mol. The van der Waals surface area contributed by atoms with Crippen LogP contribution in [0.2, 0.25) is 0 Å². The number of hydrogen-bond donors (Lipinski definition) is 2. The van der Waals surface area contributed by atoms with Crippen molar-refractivity contribution in [3.05, 3.63) is 82.9 Å². The van der Waals surface area contributed by atoms with Crippen LogP contribution in [0.4, 0.5) is 0 Å². The number of carboxylic acids is 2. The lowest BCUT2D eigenvalue weighted by Crippen LogP contribution is -2.56. The van der Waals surface area contributed by atoms with Gasteiger partial charge in [0.2, 0.25) is 0 Å². The van der Waals surface area contributed by atoms with E-state index >= 15 is 0 Å². The Kier molecular flexibility index (Phi) is 4.09.